The summed E-state index contributed by atoms with van der Waals surface area (Å²) in [5.74, 6) is 0.572. The number of piperidine rings is 1. The standard InChI is InChI=1S/C18H21N5O2/c1-20-15-8-4-3-6-13(15)11-23-16(10-17(24)21(2)18(23)25)22-9-5-7-14(19)12-22/h3-4,6,8,10,14H,5,7,9,11-12,19H2,2H3. The minimum absolute atomic E-state index is 0.0249. The van der Waals surface area contributed by atoms with Crippen LogP contribution in [0, 0.1) is 6.57 Å². The van der Waals surface area contributed by atoms with Gasteiger partial charge in [0, 0.05) is 38.8 Å². The van der Waals surface area contributed by atoms with Crippen LogP contribution in [0.5, 0.6) is 0 Å². The number of hydrogen-bond acceptors (Lipinski definition) is 4. The Hall–Kier alpha value is -2.85. The van der Waals surface area contributed by atoms with Crippen LogP contribution < -0.4 is 21.9 Å². The molecule has 0 amide bonds. The Bertz CT molecular complexity index is 938. The molecule has 25 heavy (non-hydrogen) atoms. The lowest BCUT2D eigenvalue weighted by molar-refractivity contribution is 0.491. The van der Waals surface area contributed by atoms with Crippen molar-refractivity contribution in [2.75, 3.05) is 18.0 Å². The first-order valence-corrected chi connectivity index (χ1v) is 8.28. The number of aromatic nitrogens is 2. The molecule has 3 rings (SSSR count). The first-order valence-electron chi connectivity index (χ1n) is 8.28. The Labute approximate surface area is 145 Å². The van der Waals surface area contributed by atoms with Gasteiger partial charge >= 0.3 is 5.69 Å². The summed E-state index contributed by atoms with van der Waals surface area (Å²) < 4.78 is 2.65. The van der Waals surface area contributed by atoms with E-state index < -0.39 is 0 Å². The van der Waals surface area contributed by atoms with Crippen LogP contribution in [0.1, 0.15) is 18.4 Å². The summed E-state index contributed by atoms with van der Waals surface area (Å²) in [5, 5.41) is 0. The Morgan fingerprint density at radius 3 is 2.80 bits per heavy atom. The highest BCUT2D eigenvalue weighted by atomic mass is 16.2. The zero-order valence-corrected chi connectivity index (χ0v) is 14.2. The number of benzene rings is 1. The summed E-state index contributed by atoms with van der Waals surface area (Å²) in [4.78, 5) is 30.4. The number of anilines is 1. The van der Waals surface area contributed by atoms with Gasteiger partial charge in [-0.2, -0.15) is 0 Å². The third kappa shape index (κ3) is 3.35. The topological polar surface area (TPSA) is 77.6 Å². The van der Waals surface area contributed by atoms with Crippen LogP contribution in [-0.4, -0.2) is 28.3 Å². The summed E-state index contributed by atoms with van der Waals surface area (Å²) in [6.45, 7) is 8.92. The van der Waals surface area contributed by atoms with Gasteiger partial charge in [0.05, 0.1) is 6.57 Å². The minimum atomic E-state index is -0.388. The van der Waals surface area contributed by atoms with Crippen molar-refractivity contribution in [3.05, 3.63) is 68.2 Å². The molecule has 1 atom stereocenters. The number of para-hydroxylation sites is 1. The maximum atomic E-state index is 12.7. The van der Waals surface area contributed by atoms with E-state index in [1.165, 1.54) is 13.1 Å². The van der Waals surface area contributed by atoms with E-state index in [-0.39, 0.29) is 23.8 Å². The summed E-state index contributed by atoms with van der Waals surface area (Å²) in [7, 11) is 1.47. The fourth-order valence-corrected chi connectivity index (χ4v) is 3.21. The van der Waals surface area contributed by atoms with E-state index in [1.54, 1.807) is 16.7 Å². The molecule has 0 saturated carbocycles. The minimum Gasteiger partial charge on any atom is -0.356 e. The zero-order chi connectivity index (χ0) is 18.0. The van der Waals surface area contributed by atoms with Gasteiger partial charge in [-0.3, -0.25) is 13.9 Å². The lowest BCUT2D eigenvalue weighted by Crippen LogP contribution is -2.47. The van der Waals surface area contributed by atoms with Gasteiger partial charge in [0.15, 0.2) is 5.69 Å². The molecule has 0 bridgehead atoms. The van der Waals surface area contributed by atoms with Crippen LogP contribution in [0.2, 0.25) is 0 Å². The van der Waals surface area contributed by atoms with E-state index in [4.69, 9.17) is 12.3 Å². The highest BCUT2D eigenvalue weighted by Crippen LogP contribution is 2.22. The van der Waals surface area contributed by atoms with Gasteiger partial charge in [-0.1, -0.05) is 24.3 Å². The Kier molecular flexibility index (Phi) is 4.72. The number of nitrogens with zero attached hydrogens (tertiary/aromatic N) is 4. The van der Waals surface area contributed by atoms with Gasteiger partial charge in [-0.25, -0.2) is 9.64 Å². The third-order valence-corrected chi connectivity index (χ3v) is 4.60. The quantitative estimate of drug-likeness (QED) is 0.849. The number of rotatable bonds is 3. The molecule has 0 aliphatic carbocycles. The SMILES string of the molecule is [C-]#[N+]c1ccccc1Cn1c(N2CCCC(N)C2)cc(=O)n(C)c1=O. The highest BCUT2D eigenvalue weighted by molar-refractivity contribution is 5.52. The van der Waals surface area contributed by atoms with Crippen LogP contribution in [0.15, 0.2) is 39.9 Å². The zero-order valence-electron chi connectivity index (χ0n) is 14.2. The largest absolute Gasteiger partial charge is 0.356 e. The van der Waals surface area contributed by atoms with Crippen molar-refractivity contribution in [2.24, 2.45) is 12.8 Å². The van der Waals surface area contributed by atoms with E-state index in [1.807, 2.05) is 17.0 Å². The van der Waals surface area contributed by atoms with E-state index in [0.29, 0.717) is 18.1 Å². The number of hydrogen-bond donors (Lipinski definition) is 1. The van der Waals surface area contributed by atoms with Crippen LogP contribution in [-0.2, 0) is 13.6 Å². The van der Waals surface area contributed by atoms with Crippen molar-refractivity contribution >= 4 is 11.5 Å². The molecule has 1 unspecified atom stereocenters. The van der Waals surface area contributed by atoms with Gasteiger partial charge in [0.1, 0.15) is 5.82 Å². The normalized spacial score (nSPS) is 17.3. The smallest absolute Gasteiger partial charge is 0.332 e. The third-order valence-electron chi connectivity index (χ3n) is 4.60. The Balaban J connectivity index is 2.11. The molecule has 0 spiro atoms. The summed E-state index contributed by atoms with van der Waals surface area (Å²) in [6, 6.07) is 8.71. The summed E-state index contributed by atoms with van der Waals surface area (Å²) in [6.07, 6.45) is 1.86. The molecular weight excluding hydrogens is 318 g/mol. The second kappa shape index (κ2) is 6.95. The van der Waals surface area contributed by atoms with Crippen LogP contribution >= 0.6 is 0 Å². The van der Waals surface area contributed by atoms with Gasteiger partial charge in [0.25, 0.3) is 5.56 Å². The van der Waals surface area contributed by atoms with Crippen LogP contribution in [0.3, 0.4) is 0 Å². The lowest BCUT2D eigenvalue weighted by atomic mass is 10.1. The molecule has 2 aromatic rings. The molecule has 2 heterocycles. The van der Waals surface area contributed by atoms with E-state index in [2.05, 4.69) is 4.85 Å². The molecule has 1 aliphatic heterocycles. The predicted octanol–water partition coefficient (Wildman–Crippen LogP) is 1.07. The first-order chi connectivity index (χ1) is 12.0. The molecule has 1 fully saturated rings. The molecule has 1 saturated heterocycles. The molecular formula is C18H21N5O2. The fraction of sp³-hybridized carbons (Fsp3) is 0.389. The van der Waals surface area contributed by atoms with Gasteiger partial charge < -0.3 is 10.6 Å². The molecule has 1 aliphatic rings. The Morgan fingerprint density at radius 1 is 1.32 bits per heavy atom. The van der Waals surface area contributed by atoms with Crippen LogP contribution in [0.25, 0.3) is 4.85 Å². The van der Waals surface area contributed by atoms with Crippen molar-refractivity contribution < 1.29 is 0 Å². The van der Waals surface area contributed by atoms with Crippen molar-refractivity contribution in [1.82, 2.24) is 9.13 Å². The van der Waals surface area contributed by atoms with Gasteiger partial charge in [-0.05, 0) is 18.4 Å². The summed E-state index contributed by atoms with van der Waals surface area (Å²) in [5.41, 5.74) is 6.59. The second-order valence-electron chi connectivity index (χ2n) is 6.36. The van der Waals surface area contributed by atoms with E-state index in [0.717, 1.165) is 29.5 Å². The molecule has 1 aromatic carbocycles. The summed E-state index contributed by atoms with van der Waals surface area (Å²) >= 11 is 0. The fourth-order valence-electron chi connectivity index (χ4n) is 3.21. The average Bonchev–Trinajstić information content (AvgIpc) is 2.62. The van der Waals surface area contributed by atoms with Gasteiger partial charge in [-0.15, -0.1) is 0 Å². The molecule has 0 radical (unpaired) electrons. The van der Waals surface area contributed by atoms with Crippen LogP contribution in [0.4, 0.5) is 11.5 Å². The molecule has 2 N–H and O–H groups in total. The molecule has 7 heteroatoms. The van der Waals surface area contributed by atoms with Crippen molar-refractivity contribution in [3.8, 4) is 0 Å². The predicted molar refractivity (Wildman–Crippen MR) is 97.2 cm³/mol. The molecule has 130 valence electrons. The van der Waals surface area contributed by atoms with Crippen molar-refractivity contribution in [3.63, 3.8) is 0 Å². The monoisotopic (exact) mass is 339 g/mol. The number of nitrogens with two attached hydrogens (primary N) is 1. The maximum Gasteiger partial charge on any atom is 0.332 e. The second-order valence-corrected chi connectivity index (χ2v) is 6.36. The highest BCUT2D eigenvalue weighted by Gasteiger charge is 2.22. The molecule has 7 nitrogen and oxygen atoms in total. The lowest BCUT2D eigenvalue weighted by Gasteiger charge is -2.34. The Morgan fingerprint density at radius 2 is 2.08 bits per heavy atom. The molecule has 1 aromatic heterocycles. The van der Waals surface area contributed by atoms with Gasteiger partial charge in [0.2, 0.25) is 0 Å². The van der Waals surface area contributed by atoms with E-state index >= 15 is 0 Å². The van der Waals surface area contributed by atoms with E-state index in [9.17, 15) is 9.59 Å². The first kappa shape index (κ1) is 17.0. The van der Waals surface area contributed by atoms with Crippen molar-refractivity contribution in [2.45, 2.75) is 25.4 Å². The van der Waals surface area contributed by atoms with Crippen molar-refractivity contribution in [1.29, 1.82) is 0 Å². The maximum absolute atomic E-state index is 12.7. The average molecular weight is 339 g/mol.